The highest BCUT2D eigenvalue weighted by molar-refractivity contribution is 14.1. The first-order valence-electron chi connectivity index (χ1n) is 4.54. The lowest BCUT2D eigenvalue weighted by atomic mass is 10.2. The molecule has 0 N–H and O–H groups in total. The SMILES string of the molecule is CC(C)(C)OOC(=O)c1cccc(I)c1. The second-order valence-electron chi connectivity index (χ2n) is 4.08. The summed E-state index contributed by atoms with van der Waals surface area (Å²) >= 11 is 2.13. The summed E-state index contributed by atoms with van der Waals surface area (Å²) in [7, 11) is 0. The van der Waals surface area contributed by atoms with Gasteiger partial charge in [-0.1, -0.05) is 6.07 Å². The number of carbonyl (C=O) groups is 1. The molecule has 0 spiro atoms. The van der Waals surface area contributed by atoms with E-state index in [4.69, 9.17) is 9.78 Å². The summed E-state index contributed by atoms with van der Waals surface area (Å²) in [5.74, 6) is -0.469. The van der Waals surface area contributed by atoms with Gasteiger partial charge in [0.15, 0.2) is 0 Å². The molecule has 1 aromatic carbocycles. The van der Waals surface area contributed by atoms with Crippen LogP contribution >= 0.6 is 22.6 Å². The molecular formula is C11H13IO3. The Morgan fingerprint density at radius 2 is 2.00 bits per heavy atom. The molecule has 4 heteroatoms. The average Bonchev–Trinajstić information content (AvgIpc) is 2.13. The third-order valence-electron chi connectivity index (χ3n) is 1.43. The highest BCUT2D eigenvalue weighted by Gasteiger charge is 2.16. The van der Waals surface area contributed by atoms with E-state index in [1.165, 1.54) is 0 Å². The lowest BCUT2D eigenvalue weighted by Gasteiger charge is -2.16. The van der Waals surface area contributed by atoms with Crippen molar-refractivity contribution in [3.05, 3.63) is 33.4 Å². The van der Waals surface area contributed by atoms with Crippen molar-refractivity contribution in [3.8, 4) is 0 Å². The summed E-state index contributed by atoms with van der Waals surface area (Å²) < 4.78 is 0.984. The predicted octanol–water partition coefficient (Wildman–Crippen LogP) is 3.18. The van der Waals surface area contributed by atoms with Gasteiger partial charge in [0.05, 0.1) is 5.56 Å². The number of hydrogen-bond acceptors (Lipinski definition) is 3. The smallest absolute Gasteiger partial charge is 0.292 e. The molecule has 0 amide bonds. The van der Waals surface area contributed by atoms with Crippen molar-refractivity contribution < 1.29 is 14.6 Å². The van der Waals surface area contributed by atoms with E-state index in [0.29, 0.717) is 5.56 Å². The molecule has 0 aliphatic carbocycles. The molecule has 0 aliphatic heterocycles. The Bertz CT molecular complexity index is 355. The van der Waals surface area contributed by atoms with Gasteiger partial charge in [-0.2, -0.15) is 4.89 Å². The molecule has 0 atom stereocenters. The van der Waals surface area contributed by atoms with Crippen LogP contribution in [-0.2, 0) is 9.78 Å². The van der Waals surface area contributed by atoms with Gasteiger partial charge in [-0.3, -0.25) is 4.89 Å². The van der Waals surface area contributed by atoms with E-state index in [1.807, 2.05) is 26.8 Å². The number of rotatable bonds is 2. The maximum Gasteiger partial charge on any atom is 0.373 e. The Balaban J connectivity index is 2.62. The average molecular weight is 320 g/mol. The molecule has 0 fully saturated rings. The van der Waals surface area contributed by atoms with Crippen LogP contribution in [0.2, 0.25) is 0 Å². The highest BCUT2D eigenvalue weighted by Crippen LogP contribution is 2.12. The molecule has 0 radical (unpaired) electrons. The van der Waals surface area contributed by atoms with Gasteiger partial charge in [-0.15, -0.1) is 0 Å². The first kappa shape index (κ1) is 12.4. The fourth-order valence-corrected chi connectivity index (χ4v) is 1.37. The molecule has 0 saturated carbocycles. The van der Waals surface area contributed by atoms with Gasteiger partial charge < -0.3 is 0 Å². The molecule has 3 nitrogen and oxygen atoms in total. The van der Waals surface area contributed by atoms with Gasteiger partial charge >= 0.3 is 5.97 Å². The molecule has 0 aliphatic rings. The lowest BCUT2D eigenvalue weighted by Crippen LogP contribution is -2.21. The van der Waals surface area contributed by atoms with Crippen LogP contribution in [0, 0.1) is 3.57 Å². The molecule has 1 aromatic rings. The van der Waals surface area contributed by atoms with E-state index in [2.05, 4.69) is 22.6 Å². The van der Waals surface area contributed by atoms with Crippen LogP contribution in [0.3, 0.4) is 0 Å². The topological polar surface area (TPSA) is 35.5 Å². The van der Waals surface area contributed by atoms with Crippen LogP contribution in [0.25, 0.3) is 0 Å². The summed E-state index contributed by atoms with van der Waals surface area (Å²) in [6, 6.07) is 7.14. The van der Waals surface area contributed by atoms with Gasteiger partial charge in [0.2, 0.25) is 0 Å². The van der Waals surface area contributed by atoms with Crippen molar-refractivity contribution in [3.63, 3.8) is 0 Å². The van der Waals surface area contributed by atoms with Crippen molar-refractivity contribution in [2.75, 3.05) is 0 Å². The molecule has 0 aromatic heterocycles. The van der Waals surface area contributed by atoms with Crippen molar-refractivity contribution in [2.45, 2.75) is 26.4 Å². The minimum atomic E-state index is -0.488. The first-order valence-corrected chi connectivity index (χ1v) is 5.62. The molecular weight excluding hydrogens is 307 g/mol. The quantitative estimate of drug-likeness (QED) is 0.477. The van der Waals surface area contributed by atoms with E-state index in [9.17, 15) is 4.79 Å². The van der Waals surface area contributed by atoms with Crippen LogP contribution < -0.4 is 0 Å². The van der Waals surface area contributed by atoms with Crippen LogP contribution in [0.4, 0.5) is 0 Å². The van der Waals surface area contributed by atoms with Gasteiger partial charge in [-0.05, 0) is 61.6 Å². The molecule has 1 rings (SSSR count). The van der Waals surface area contributed by atoms with Crippen LogP contribution in [0.5, 0.6) is 0 Å². The Labute approximate surface area is 103 Å². The Morgan fingerprint density at radius 3 is 2.53 bits per heavy atom. The number of benzene rings is 1. The van der Waals surface area contributed by atoms with Gasteiger partial charge in [0.25, 0.3) is 0 Å². The number of hydrogen-bond donors (Lipinski definition) is 0. The third-order valence-corrected chi connectivity index (χ3v) is 2.10. The fraction of sp³-hybridized carbons (Fsp3) is 0.364. The Morgan fingerprint density at radius 1 is 1.33 bits per heavy atom. The molecule has 0 heterocycles. The first-order chi connectivity index (χ1) is 6.88. The van der Waals surface area contributed by atoms with E-state index >= 15 is 0 Å². The van der Waals surface area contributed by atoms with Crippen molar-refractivity contribution in [2.24, 2.45) is 0 Å². The second-order valence-corrected chi connectivity index (χ2v) is 5.32. The van der Waals surface area contributed by atoms with Crippen molar-refractivity contribution in [1.29, 1.82) is 0 Å². The van der Waals surface area contributed by atoms with Crippen LogP contribution in [-0.4, -0.2) is 11.6 Å². The zero-order chi connectivity index (χ0) is 11.5. The summed E-state index contributed by atoms with van der Waals surface area (Å²) in [6.45, 7) is 5.44. The van der Waals surface area contributed by atoms with Gasteiger partial charge in [-0.25, -0.2) is 4.79 Å². The minimum absolute atomic E-state index is 0.469. The van der Waals surface area contributed by atoms with Crippen molar-refractivity contribution >= 4 is 28.6 Å². The van der Waals surface area contributed by atoms with Gasteiger partial charge in [0, 0.05) is 3.57 Å². The highest BCUT2D eigenvalue weighted by atomic mass is 127. The molecule has 15 heavy (non-hydrogen) atoms. The molecule has 0 saturated heterocycles. The van der Waals surface area contributed by atoms with Crippen molar-refractivity contribution in [1.82, 2.24) is 0 Å². The Hall–Kier alpha value is -0.620. The maximum atomic E-state index is 11.5. The summed E-state index contributed by atoms with van der Waals surface area (Å²) in [5.41, 5.74) is 0.00331. The number of carbonyl (C=O) groups excluding carboxylic acids is 1. The van der Waals surface area contributed by atoms with Crippen LogP contribution in [0.1, 0.15) is 31.1 Å². The lowest BCUT2D eigenvalue weighted by molar-refractivity contribution is -0.301. The third kappa shape index (κ3) is 4.61. The normalized spacial score (nSPS) is 11.2. The number of halogens is 1. The summed E-state index contributed by atoms with van der Waals surface area (Å²) in [4.78, 5) is 21.1. The van der Waals surface area contributed by atoms with Gasteiger partial charge in [0.1, 0.15) is 5.60 Å². The minimum Gasteiger partial charge on any atom is -0.292 e. The maximum absolute atomic E-state index is 11.5. The molecule has 82 valence electrons. The standard InChI is InChI=1S/C11H13IO3/c1-11(2,3)15-14-10(13)8-5-4-6-9(12)7-8/h4-7H,1-3H3. The zero-order valence-electron chi connectivity index (χ0n) is 8.91. The predicted molar refractivity (Wildman–Crippen MR) is 65.4 cm³/mol. The fourth-order valence-electron chi connectivity index (χ4n) is 0.826. The summed E-state index contributed by atoms with van der Waals surface area (Å²) in [6.07, 6.45) is 0. The van der Waals surface area contributed by atoms with E-state index in [-0.39, 0.29) is 0 Å². The molecule has 0 unspecified atom stereocenters. The van der Waals surface area contributed by atoms with E-state index in [0.717, 1.165) is 3.57 Å². The second kappa shape index (κ2) is 4.94. The van der Waals surface area contributed by atoms with Crippen LogP contribution in [0.15, 0.2) is 24.3 Å². The van der Waals surface area contributed by atoms with E-state index < -0.39 is 11.6 Å². The Kier molecular flexibility index (Phi) is 4.10. The monoisotopic (exact) mass is 320 g/mol. The summed E-state index contributed by atoms with van der Waals surface area (Å²) in [5, 5.41) is 0. The zero-order valence-corrected chi connectivity index (χ0v) is 11.1. The van der Waals surface area contributed by atoms with E-state index in [1.54, 1.807) is 18.2 Å². The molecule has 0 bridgehead atoms. The largest absolute Gasteiger partial charge is 0.373 e.